The van der Waals surface area contributed by atoms with Crippen molar-refractivity contribution in [2.24, 2.45) is 0 Å². The van der Waals surface area contributed by atoms with E-state index in [4.69, 9.17) is 9.29 Å². The lowest BCUT2D eigenvalue weighted by atomic mass is 10.2. The number of rotatable bonds is 9. The summed E-state index contributed by atoms with van der Waals surface area (Å²) in [4.78, 5) is 28.3. The first kappa shape index (κ1) is 26.3. The SMILES string of the molecule is O=C(COS(=O)(=O)O)N1CCN(c2ccc(N3CC(CNC(S)C(F)F)OC3=O)cc2F)CC1. The van der Waals surface area contributed by atoms with Crippen LogP contribution in [0, 0.1) is 5.82 Å². The van der Waals surface area contributed by atoms with Gasteiger partial charge in [0, 0.05) is 32.7 Å². The molecule has 34 heavy (non-hydrogen) atoms. The third kappa shape index (κ3) is 6.88. The van der Waals surface area contributed by atoms with Crippen molar-refractivity contribution in [2.75, 3.05) is 55.7 Å². The summed E-state index contributed by atoms with van der Waals surface area (Å²) in [5, 5.41) is 1.09. The molecule has 2 N–H and O–H groups in total. The molecule has 2 aliphatic rings. The summed E-state index contributed by atoms with van der Waals surface area (Å²) in [5.74, 6) is -1.25. The molecular weight excluding hydrogens is 505 g/mol. The topological polar surface area (TPSA) is 129 Å². The maximum Gasteiger partial charge on any atom is 0.414 e. The number of carbonyl (C=O) groups excluding carboxylic acids is 2. The smallest absolute Gasteiger partial charge is 0.414 e. The minimum absolute atomic E-state index is 0.0421. The molecule has 2 aliphatic heterocycles. The second-order valence-electron chi connectivity index (χ2n) is 7.50. The normalized spacial score (nSPS) is 20.1. The number of anilines is 2. The van der Waals surface area contributed by atoms with E-state index in [0.29, 0.717) is 0 Å². The highest BCUT2D eigenvalue weighted by Crippen LogP contribution is 2.28. The number of benzene rings is 1. The molecule has 1 aromatic carbocycles. The summed E-state index contributed by atoms with van der Waals surface area (Å²) >= 11 is 3.69. The van der Waals surface area contributed by atoms with E-state index in [9.17, 15) is 31.2 Å². The number of carbonyl (C=O) groups is 2. The Labute approximate surface area is 199 Å². The first-order chi connectivity index (χ1) is 15.9. The van der Waals surface area contributed by atoms with Gasteiger partial charge in [-0.3, -0.25) is 19.6 Å². The van der Waals surface area contributed by atoms with E-state index in [1.165, 1.54) is 21.9 Å². The predicted octanol–water partition coefficient (Wildman–Crippen LogP) is 0.730. The van der Waals surface area contributed by atoms with Gasteiger partial charge in [0.25, 0.3) is 6.43 Å². The number of alkyl halides is 2. The van der Waals surface area contributed by atoms with Crippen molar-refractivity contribution in [3.8, 4) is 0 Å². The summed E-state index contributed by atoms with van der Waals surface area (Å²) in [6.07, 6.45) is -4.13. The fourth-order valence-corrected chi connectivity index (χ4v) is 3.87. The fraction of sp³-hybridized carbons (Fsp3) is 0.556. The molecule has 2 fully saturated rings. The molecule has 2 unspecified atom stereocenters. The Hall–Kier alpha value is -2.27. The summed E-state index contributed by atoms with van der Waals surface area (Å²) in [6.45, 7) is 0.0196. The van der Waals surface area contributed by atoms with E-state index in [1.54, 1.807) is 4.90 Å². The highest BCUT2D eigenvalue weighted by Gasteiger charge is 2.33. The van der Waals surface area contributed by atoms with Gasteiger partial charge in [0.1, 0.15) is 23.9 Å². The van der Waals surface area contributed by atoms with Gasteiger partial charge in [0.2, 0.25) is 5.91 Å². The molecule has 2 atom stereocenters. The van der Waals surface area contributed by atoms with Crippen molar-refractivity contribution in [1.29, 1.82) is 0 Å². The van der Waals surface area contributed by atoms with E-state index >= 15 is 0 Å². The number of amides is 2. The van der Waals surface area contributed by atoms with Gasteiger partial charge in [-0.25, -0.2) is 22.1 Å². The molecule has 190 valence electrons. The third-order valence-electron chi connectivity index (χ3n) is 5.21. The molecule has 16 heteroatoms. The van der Waals surface area contributed by atoms with Crippen LogP contribution in [0.15, 0.2) is 18.2 Å². The van der Waals surface area contributed by atoms with Crippen LogP contribution >= 0.6 is 12.6 Å². The van der Waals surface area contributed by atoms with Crippen LogP contribution in [-0.4, -0.2) is 93.6 Å². The Morgan fingerprint density at radius 2 is 1.97 bits per heavy atom. The Balaban J connectivity index is 1.55. The Morgan fingerprint density at radius 1 is 1.29 bits per heavy atom. The van der Waals surface area contributed by atoms with Gasteiger partial charge >= 0.3 is 16.5 Å². The third-order valence-corrected chi connectivity index (χ3v) is 6.04. The van der Waals surface area contributed by atoms with Crippen LogP contribution in [0.4, 0.5) is 29.3 Å². The van der Waals surface area contributed by atoms with Crippen molar-refractivity contribution >= 4 is 46.4 Å². The molecule has 2 amide bonds. The number of nitrogens with one attached hydrogen (secondary N) is 1. The van der Waals surface area contributed by atoms with Crippen LogP contribution in [0.1, 0.15) is 0 Å². The van der Waals surface area contributed by atoms with E-state index in [0.717, 1.165) is 6.07 Å². The molecule has 0 bridgehead atoms. The Bertz CT molecular complexity index is 1010. The van der Waals surface area contributed by atoms with E-state index < -0.39 is 52.7 Å². The summed E-state index contributed by atoms with van der Waals surface area (Å²) in [5.41, 5.74) is 0.479. The van der Waals surface area contributed by atoms with Gasteiger partial charge in [0.15, 0.2) is 0 Å². The second kappa shape index (κ2) is 11.0. The highest BCUT2D eigenvalue weighted by atomic mass is 32.3. The average Bonchev–Trinajstić information content (AvgIpc) is 3.15. The van der Waals surface area contributed by atoms with E-state index in [1.807, 2.05) is 0 Å². The maximum atomic E-state index is 14.8. The molecule has 3 rings (SSSR count). The molecule has 2 saturated heterocycles. The molecule has 0 radical (unpaired) electrons. The Morgan fingerprint density at radius 3 is 2.56 bits per heavy atom. The molecular formula is C18H23F3N4O7S2. The van der Waals surface area contributed by atoms with Gasteiger partial charge in [0.05, 0.1) is 17.9 Å². The average molecular weight is 529 g/mol. The number of cyclic esters (lactones) is 1. The highest BCUT2D eigenvalue weighted by molar-refractivity contribution is 7.81. The minimum Gasteiger partial charge on any atom is -0.443 e. The zero-order valence-corrected chi connectivity index (χ0v) is 19.4. The van der Waals surface area contributed by atoms with Crippen LogP contribution in [-0.2, 0) is 24.1 Å². The van der Waals surface area contributed by atoms with Crippen LogP contribution in [0.25, 0.3) is 0 Å². The maximum absolute atomic E-state index is 14.8. The number of hydrogen-bond acceptors (Lipinski definition) is 9. The summed E-state index contributed by atoms with van der Waals surface area (Å²) in [7, 11) is -4.73. The zero-order chi connectivity index (χ0) is 25.0. The van der Waals surface area contributed by atoms with Gasteiger partial charge in [-0.15, -0.1) is 0 Å². The lowest BCUT2D eigenvalue weighted by Gasteiger charge is -2.36. The van der Waals surface area contributed by atoms with Crippen molar-refractivity contribution < 1.29 is 44.7 Å². The standard InChI is InChI=1S/C18H23F3N4O7S2/c19-13-7-11(25-9-12(32-18(25)27)8-22-17(33)16(20)21)1-2-14(13)23-3-5-24(6-4-23)15(26)10-31-34(28,29)30/h1-2,7,12,16-17,22,33H,3-6,8-10H2,(H,28,29,30). The number of hydrogen-bond donors (Lipinski definition) is 3. The lowest BCUT2D eigenvalue weighted by molar-refractivity contribution is -0.133. The quantitative estimate of drug-likeness (QED) is 0.241. The van der Waals surface area contributed by atoms with Crippen molar-refractivity contribution in [3.05, 3.63) is 24.0 Å². The van der Waals surface area contributed by atoms with Gasteiger partial charge in [-0.2, -0.15) is 21.0 Å². The van der Waals surface area contributed by atoms with E-state index in [-0.39, 0.29) is 50.6 Å². The first-order valence-electron chi connectivity index (χ1n) is 10.1. The van der Waals surface area contributed by atoms with Gasteiger partial charge < -0.3 is 14.5 Å². The number of halogens is 3. The molecule has 2 heterocycles. The zero-order valence-electron chi connectivity index (χ0n) is 17.6. The van der Waals surface area contributed by atoms with Crippen molar-refractivity contribution in [3.63, 3.8) is 0 Å². The molecule has 0 aromatic heterocycles. The number of nitrogens with zero attached hydrogens (tertiary/aromatic N) is 3. The van der Waals surface area contributed by atoms with Crippen LogP contribution in [0.5, 0.6) is 0 Å². The summed E-state index contributed by atoms with van der Waals surface area (Å²) in [6, 6.07) is 4.15. The Kier molecular flexibility index (Phi) is 8.51. The monoisotopic (exact) mass is 528 g/mol. The minimum atomic E-state index is -4.73. The van der Waals surface area contributed by atoms with Crippen molar-refractivity contribution in [1.82, 2.24) is 10.2 Å². The predicted molar refractivity (Wildman–Crippen MR) is 117 cm³/mol. The molecule has 0 saturated carbocycles. The summed E-state index contributed by atoms with van der Waals surface area (Å²) < 4.78 is 78.8. The second-order valence-corrected chi connectivity index (χ2v) is 9.14. The van der Waals surface area contributed by atoms with Crippen LogP contribution < -0.4 is 15.1 Å². The van der Waals surface area contributed by atoms with Gasteiger partial charge in [-0.1, -0.05) is 0 Å². The number of ether oxygens (including phenoxy) is 1. The number of thiol groups is 1. The lowest BCUT2D eigenvalue weighted by Crippen LogP contribution is -2.50. The number of piperazine rings is 1. The van der Waals surface area contributed by atoms with Crippen LogP contribution in [0.2, 0.25) is 0 Å². The largest absolute Gasteiger partial charge is 0.443 e. The first-order valence-corrected chi connectivity index (χ1v) is 11.9. The van der Waals surface area contributed by atoms with E-state index in [2.05, 4.69) is 22.1 Å². The molecule has 11 nitrogen and oxygen atoms in total. The van der Waals surface area contributed by atoms with Crippen molar-refractivity contribution in [2.45, 2.75) is 17.9 Å². The fourth-order valence-electron chi connectivity index (χ4n) is 3.51. The van der Waals surface area contributed by atoms with Gasteiger partial charge in [-0.05, 0) is 18.2 Å². The van der Waals surface area contributed by atoms with Crippen LogP contribution in [0.3, 0.4) is 0 Å². The molecule has 0 spiro atoms. The molecule has 0 aliphatic carbocycles. The molecule has 1 aromatic rings.